The lowest BCUT2D eigenvalue weighted by molar-refractivity contribution is -0.125. The first kappa shape index (κ1) is 22.5. The predicted molar refractivity (Wildman–Crippen MR) is 123 cm³/mol. The van der Waals surface area contributed by atoms with E-state index in [0.29, 0.717) is 23.8 Å². The quantitative estimate of drug-likeness (QED) is 0.307. The molecular formula is C27H43NO. The highest BCUT2D eigenvalue weighted by atomic mass is 16.1. The van der Waals surface area contributed by atoms with Crippen LogP contribution in [0.5, 0.6) is 0 Å². The van der Waals surface area contributed by atoms with Crippen LogP contribution in [0.3, 0.4) is 0 Å². The van der Waals surface area contributed by atoms with E-state index in [-0.39, 0.29) is 0 Å². The van der Waals surface area contributed by atoms with Gasteiger partial charge >= 0.3 is 0 Å². The van der Waals surface area contributed by atoms with Crippen molar-refractivity contribution in [3.05, 3.63) is 35.9 Å². The van der Waals surface area contributed by atoms with Crippen LogP contribution in [0.1, 0.15) is 109 Å². The molecule has 2 fully saturated rings. The van der Waals surface area contributed by atoms with Crippen molar-refractivity contribution < 1.29 is 4.79 Å². The highest BCUT2D eigenvalue weighted by Crippen LogP contribution is 2.40. The molecule has 2 heteroatoms. The molecule has 0 N–H and O–H groups in total. The fourth-order valence-corrected chi connectivity index (χ4v) is 5.58. The van der Waals surface area contributed by atoms with Gasteiger partial charge in [0.25, 0.3) is 0 Å². The fraction of sp³-hybridized carbons (Fsp3) is 0.741. The molecule has 162 valence electrons. The van der Waals surface area contributed by atoms with Crippen molar-refractivity contribution in [2.24, 2.45) is 5.92 Å². The standard InChI is InChI=1S/C27H43NO/c1-2-3-4-5-6-7-8-9-10-14-17-27(29)24-20-25-18-19-26(21-24)28(25)22-23-15-12-11-13-16-23/h11-13,15-16,24-26H,2-10,14,17-22H2,1H3. The van der Waals surface area contributed by atoms with Gasteiger partial charge < -0.3 is 0 Å². The molecule has 2 aliphatic rings. The number of nitrogens with zero attached hydrogens (tertiary/aromatic N) is 1. The van der Waals surface area contributed by atoms with Crippen molar-refractivity contribution in [2.45, 2.75) is 122 Å². The van der Waals surface area contributed by atoms with E-state index in [1.807, 2.05) is 0 Å². The molecule has 1 aromatic rings. The summed E-state index contributed by atoms with van der Waals surface area (Å²) in [5, 5.41) is 0. The second-order valence-corrected chi connectivity index (χ2v) is 9.61. The highest BCUT2D eigenvalue weighted by Gasteiger charge is 2.42. The molecule has 2 aliphatic heterocycles. The number of piperidine rings is 1. The van der Waals surface area contributed by atoms with Gasteiger partial charge in [0.2, 0.25) is 0 Å². The topological polar surface area (TPSA) is 20.3 Å². The maximum atomic E-state index is 12.8. The molecule has 0 amide bonds. The van der Waals surface area contributed by atoms with Crippen molar-refractivity contribution in [3.8, 4) is 0 Å². The van der Waals surface area contributed by atoms with Crippen molar-refractivity contribution in [1.82, 2.24) is 4.90 Å². The van der Waals surface area contributed by atoms with Crippen LogP contribution in [0.4, 0.5) is 0 Å². The monoisotopic (exact) mass is 397 g/mol. The highest BCUT2D eigenvalue weighted by molar-refractivity contribution is 5.81. The molecule has 3 rings (SSSR count). The Morgan fingerprint density at radius 2 is 1.38 bits per heavy atom. The van der Waals surface area contributed by atoms with Gasteiger partial charge in [0.15, 0.2) is 0 Å². The zero-order valence-electron chi connectivity index (χ0n) is 18.8. The number of unbranched alkanes of at least 4 members (excludes halogenated alkanes) is 9. The summed E-state index contributed by atoms with van der Waals surface area (Å²) in [6.07, 6.45) is 19.0. The van der Waals surface area contributed by atoms with Crippen LogP contribution in [-0.2, 0) is 11.3 Å². The number of carbonyl (C=O) groups is 1. The molecule has 29 heavy (non-hydrogen) atoms. The molecule has 0 aromatic heterocycles. The summed E-state index contributed by atoms with van der Waals surface area (Å²) < 4.78 is 0. The van der Waals surface area contributed by atoms with Gasteiger partial charge in [-0.3, -0.25) is 9.69 Å². The summed E-state index contributed by atoms with van der Waals surface area (Å²) >= 11 is 0. The van der Waals surface area contributed by atoms with Crippen LogP contribution in [0, 0.1) is 5.92 Å². The fourth-order valence-electron chi connectivity index (χ4n) is 5.58. The molecule has 2 saturated heterocycles. The Bertz CT molecular complexity index is 569. The van der Waals surface area contributed by atoms with Crippen molar-refractivity contribution in [2.75, 3.05) is 0 Å². The summed E-state index contributed by atoms with van der Waals surface area (Å²) in [6.45, 7) is 3.34. The maximum Gasteiger partial charge on any atom is 0.136 e. The Morgan fingerprint density at radius 3 is 1.97 bits per heavy atom. The first-order valence-corrected chi connectivity index (χ1v) is 12.6. The number of hydrogen-bond acceptors (Lipinski definition) is 2. The lowest BCUT2D eigenvalue weighted by Crippen LogP contribution is -2.44. The molecule has 2 atom stereocenters. The smallest absolute Gasteiger partial charge is 0.136 e. The molecule has 0 saturated carbocycles. The summed E-state index contributed by atoms with van der Waals surface area (Å²) in [6, 6.07) is 12.1. The van der Waals surface area contributed by atoms with Gasteiger partial charge in [-0.25, -0.2) is 0 Å². The van der Waals surface area contributed by atoms with Crippen LogP contribution in [0.15, 0.2) is 30.3 Å². The molecule has 2 nitrogen and oxygen atoms in total. The molecule has 0 aliphatic carbocycles. The minimum Gasteiger partial charge on any atom is -0.299 e. The minimum absolute atomic E-state index is 0.345. The van der Waals surface area contributed by atoms with Gasteiger partial charge in [-0.15, -0.1) is 0 Å². The number of carbonyl (C=O) groups excluding carboxylic acids is 1. The zero-order chi connectivity index (χ0) is 20.3. The first-order valence-electron chi connectivity index (χ1n) is 12.6. The lowest BCUT2D eigenvalue weighted by Gasteiger charge is -2.38. The number of hydrogen-bond donors (Lipinski definition) is 0. The van der Waals surface area contributed by atoms with Crippen molar-refractivity contribution in [3.63, 3.8) is 0 Å². The molecule has 2 heterocycles. The van der Waals surface area contributed by atoms with Crippen LogP contribution in [-0.4, -0.2) is 22.8 Å². The summed E-state index contributed by atoms with van der Waals surface area (Å²) in [7, 11) is 0. The van der Waals surface area contributed by atoms with Gasteiger partial charge in [-0.2, -0.15) is 0 Å². The number of ketones is 1. The third kappa shape index (κ3) is 7.24. The molecule has 0 spiro atoms. The van der Waals surface area contributed by atoms with Crippen LogP contribution in [0.25, 0.3) is 0 Å². The van der Waals surface area contributed by atoms with E-state index in [4.69, 9.17) is 0 Å². The molecule has 2 unspecified atom stereocenters. The molecule has 2 bridgehead atoms. The van der Waals surface area contributed by atoms with Crippen LogP contribution < -0.4 is 0 Å². The van der Waals surface area contributed by atoms with Gasteiger partial charge in [0.05, 0.1) is 0 Å². The van der Waals surface area contributed by atoms with Gasteiger partial charge in [0, 0.05) is 31.0 Å². The largest absolute Gasteiger partial charge is 0.299 e. The number of Topliss-reactive ketones (excluding diaryl/α,β-unsaturated/α-hetero) is 1. The Morgan fingerprint density at radius 1 is 0.828 bits per heavy atom. The van der Waals surface area contributed by atoms with E-state index in [0.717, 1.165) is 32.2 Å². The lowest BCUT2D eigenvalue weighted by atomic mass is 9.85. The normalized spacial score (nSPS) is 24.1. The SMILES string of the molecule is CCCCCCCCCCCCC(=O)C1CC2CCC(C1)N2Cc1ccccc1. The van der Waals surface area contributed by atoms with E-state index >= 15 is 0 Å². The van der Waals surface area contributed by atoms with Gasteiger partial charge in [-0.1, -0.05) is 95.0 Å². The summed E-state index contributed by atoms with van der Waals surface area (Å²) in [4.78, 5) is 15.5. The third-order valence-electron chi connectivity index (χ3n) is 7.32. The van der Waals surface area contributed by atoms with Crippen molar-refractivity contribution >= 4 is 5.78 Å². The summed E-state index contributed by atoms with van der Waals surface area (Å²) in [5.74, 6) is 0.916. The summed E-state index contributed by atoms with van der Waals surface area (Å²) in [5.41, 5.74) is 1.42. The molecular weight excluding hydrogens is 354 g/mol. The van der Waals surface area contributed by atoms with E-state index in [9.17, 15) is 4.79 Å². The van der Waals surface area contributed by atoms with E-state index < -0.39 is 0 Å². The second kappa shape index (κ2) is 12.5. The number of benzene rings is 1. The van der Waals surface area contributed by atoms with Gasteiger partial charge in [0.1, 0.15) is 5.78 Å². The van der Waals surface area contributed by atoms with E-state index in [2.05, 4.69) is 42.2 Å². The average Bonchev–Trinajstić information content (AvgIpc) is 2.97. The zero-order valence-corrected chi connectivity index (χ0v) is 18.8. The average molecular weight is 398 g/mol. The first-order chi connectivity index (χ1) is 14.3. The minimum atomic E-state index is 0.345. The van der Waals surface area contributed by atoms with E-state index in [1.165, 1.54) is 76.2 Å². The third-order valence-corrected chi connectivity index (χ3v) is 7.32. The van der Waals surface area contributed by atoms with Gasteiger partial charge in [-0.05, 0) is 37.7 Å². The number of fused-ring (bicyclic) bond motifs is 2. The van der Waals surface area contributed by atoms with Crippen LogP contribution in [0.2, 0.25) is 0 Å². The number of rotatable bonds is 14. The molecule has 0 radical (unpaired) electrons. The molecule has 1 aromatic carbocycles. The predicted octanol–water partition coefficient (Wildman–Crippen LogP) is 7.31. The van der Waals surface area contributed by atoms with Crippen molar-refractivity contribution in [1.29, 1.82) is 0 Å². The Balaban J connectivity index is 1.28. The second-order valence-electron chi connectivity index (χ2n) is 9.61. The van der Waals surface area contributed by atoms with E-state index in [1.54, 1.807) is 0 Å². The Labute approximate surface area is 179 Å². The maximum absolute atomic E-state index is 12.8. The Kier molecular flexibility index (Phi) is 9.73. The Hall–Kier alpha value is -1.15. The van der Waals surface area contributed by atoms with Crippen LogP contribution >= 0.6 is 0 Å².